The second-order valence-electron chi connectivity index (χ2n) is 3.39. The zero-order chi connectivity index (χ0) is 6.32. The van der Waals surface area contributed by atoms with Crippen molar-refractivity contribution >= 4 is 0 Å². The van der Waals surface area contributed by atoms with E-state index in [0.717, 1.165) is 19.3 Å². The van der Waals surface area contributed by atoms with Crippen molar-refractivity contribution in [1.82, 2.24) is 5.32 Å². The van der Waals surface area contributed by atoms with Gasteiger partial charge in [0.15, 0.2) is 0 Å². The summed E-state index contributed by atoms with van der Waals surface area (Å²) in [5.41, 5.74) is 0.633. The molecule has 1 aliphatic heterocycles. The van der Waals surface area contributed by atoms with Crippen LogP contribution in [0.1, 0.15) is 12.8 Å². The number of hydrogen-bond acceptors (Lipinski definition) is 2. The minimum atomic E-state index is 0.633. The Labute approximate surface area is 55.6 Å². The molecule has 2 nitrogen and oxygen atoms in total. The molecular formula is C7H13NO. The summed E-state index contributed by atoms with van der Waals surface area (Å²) in [6, 6.07) is 0.786. The predicted molar refractivity (Wildman–Crippen MR) is 35.3 cm³/mol. The van der Waals surface area contributed by atoms with Crippen LogP contribution in [0.3, 0.4) is 0 Å². The van der Waals surface area contributed by atoms with Gasteiger partial charge in [0.05, 0.1) is 13.2 Å². The van der Waals surface area contributed by atoms with E-state index in [9.17, 15) is 0 Å². The highest BCUT2D eigenvalue weighted by atomic mass is 16.5. The Bertz CT molecular complexity index is 112. The second-order valence-corrected chi connectivity index (χ2v) is 3.39. The van der Waals surface area contributed by atoms with E-state index in [-0.39, 0.29) is 0 Å². The quantitative estimate of drug-likeness (QED) is 0.550. The largest absolute Gasteiger partial charge is 0.380 e. The molecule has 2 heteroatoms. The Morgan fingerprint density at radius 2 is 2.11 bits per heavy atom. The van der Waals surface area contributed by atoms with Crippen molar-refractivity contribution in [3.63, 3.8) is 0 Å². The SMILES string of the molecule is CNC1CC2(COC2)C1. The molecule has 2 aliphatic rings. The molecule has 1 saturated heterocycles. The van der Waals surface area contributed by atoms with Crippen LogP contribution in [0.15, 0.2) is 0 Å². The highest BCUT2D eigenvalue weighted by molar-refractivity contribution is 5.00. The van der Waals surface area contributed by atoms with Gasteiger partial charge in [-0.15, -0.1) is 0 Å². The van der Waals surface area contributed by atoms with Gasteiger partial charge in [0.1, 0.15) is 0 Å². The molecule has 1 saturated carbocycles. The maximum atomic E-state index is 5.15. The third-order valence-electron chi connectivity index (χ3n) is 2.58. The Morgan fingerprint density at radius 3 is 2.44 bits per heavy atom. The predicted octanol–water partition coefficient (Wildman–Crippen LogP) is 0.385. The van der Waals surface area contributed by atoms with Crippen molar-refractivity contribution in [1.29, 1.82) is 0 Å². The summed E-state index contributed by atoms with van der Waals surface area (Å²) in [4.78, 5) is 0. The lowest BCUT2D eigenvalue weighted by atomic mass is 9.64. The normalized spacial score (nSPS) is 31.7. The van der Waals surface area contributed by atoms with Gasteiger partial charge in [-0.05, 0) is 19.9 Å². The molecule has 0 unspecified atom stereocenters. The van der Waals surface area contributed by atoms with Crippen molar-refractivity contribution < 1.29 is 4.74 Å². The lowest BCUT2D eigenvalue weighted by molar-refractivity contribution is -0.166. The highest BCUT2D eigenvalue weighted by Gasteiger charge is 2.48. The molecule has 2 rings (SSSR count). The molecular weight excluding hydrogens is 114 g/mol. The van der Waals surface area contributed by atoms with Crippen LogP contribution in [0, 0.1) is 5.41 Å². The molecule has 1 spiro atoms. The van der Waals surface area contributed by atoms with Crippen molar-refractivity contribution in [3.05, 3.63) is 0 Å². The molecule has 0 aromatic rings. The molecule has 9 heavy (non-hydrogen) atoms. The van der Waals surface area contributed by atoms with Gasteiger partial charge in [0, 0.05) is 11.5 Å². The average molecular weight is 127 g/mol. The third kappa shape index (κ3) is 0.700. The Balaban J connectivity index is 1.82. The first-order valence-electron chi connectivity index (χ1n) is 3.60. The van der Waals surface area contributed by atoms with Crippen LogP contribution in [0.5, 0.6) is 0 Å². The Kier molecular flexibility index (Phi) is 1.08. The fourth-order valence-corrected chi connectivity index (χ4v) is 1.82. The molecule has 1 N–H and O–H groups in total. The lowest BCUT2D eigenvalue weighted by Gasteiger charge is -2.53. The fourth-order valence-electron chi connectivity index (χ4n) is 1.82. The molecule has 0 radical (unpaired) electrons. The van der Waals surface area contributed by atoms with Crippen LogP contribution in [0.2, 0.25) is 0 Å². The van der Waals surface area contributed by atoms with Crippen molar-refractivity contribution in [2.45, 2.75) is 18.9 Å². The van der Waals surface area contributed by atoms with E-state index in [1.807, 2.05) is 7.05 Å². The summed E-state index contributed by atoms with van der Waals surface area (Å²) in [5, 5.41) is 3.27. The van der Waals surface area contributed by atoms with E-state index >= 15 is 0 Å². The first-order chi connectivity index (χ1) is 4.35. The smallest absolute Gasteiger partial charge is 0.0545 e. The van der Waals surface area contributed by atoms with E-state index in [1.54, 1.807) is 0 Å². The topological polar surface area (TPSA) is 21.3 Å². The molecule has 1 heterocycles. The second kappa shape index (κ2) is 1.70. The standard InChI is InChI=1S/C7H13NO/c1-8-6-2-7(3-6)4-9-5-7/h6,8H,2-5H2,1H3. The molecule has 52 valence electrons. The van der Waals surface area contributed by atoms with Gasteiger partial charge in [-0.3, -0.25) is 0 Å². The minimum absolute atomic E-state index is 0.633. The molecule has 2 fully saturated rings. The van der Waals surface area contributed by atoms with Crippen LogP contribution < -0.4 is 5.32 Å². The molecule has 0 aromatic carbocycles. The zero-order valence-electron chi connectivity index (χ0n) is 5.81. The lowest BCUT2D eigenvalue weighted by Crippen LogP contribution is -2.57. The molecule has 0 amide bonds. The van der Waals surface area contributed by atoms with Crippen LogP contribution in [-0.2, 0) is 4.74 Å². The van der Waals surface area contributed by atoms with Gasteiger partial charge in [-0.25, -0.2) is 0 Å². The van der Waals surface area contributed by atoms with Crippen LogP contribution in [0.4, 0.5) is 0 Å². The van der Waals surface area contributed by atoms with Crippen LogP contribution in [-0.4, -0.2) is 26.3 Å². The van der Waals surface area contributed by atoms with Crippen molar-refractivity contribution in [3.8, 4) is 0 Å². The Morgan fingerprint density at radius 1 is 1.44 bits per heavy atom. The minimum Gasteiger partial charge on any atom is -0.380 e. The first-order valence-corrected chi connectivity index (χ1v) is 3.60. The van der Waals surface area contributed by atoms with E-state index in [0.29, 0.717) is 5.41 Å². The maximum Gasteiger partial charge on any atom is 0.0545 e. The monoisotopic (exact) mass is 127 g/mol. The van der Waals surface area contributed by atoms with E-state index in [1.165, 1.54) is 12.8 Å². The van der Waals surface area contributed by atoms with Gasteiger partial charge in [0.25, 0.3) is 0 Å². The van der Waals surface area contributed by atoms with Crippen LogP contribution in [0.25, 0.3) is 0 Å². The average Bonchev–Trinajstić information content (AvgIpc) is 1.59. The highest BCUT2D eigenvalue weighted by Crippen LogP contribution is 2.46. The number of nitrogens with one attached hydrogen (secondary N) is 1. The van der Waals surface area contributed by atoms with Crippen molar-refractivity contribution in [2.24, 2.45) is 5.41 Å². The van der Waals surface area contributed by atoms with Crippen LogP contribution >= 0.6 is 0 Å². The Hall–Kier alpha value is -0.0800. The molecule has 1 aliphatic carbocycles. The maximum absolute atomic E-state index is 5.15. The number of ether oxygens (including phenoxy) is 1. The molecule has 0 bridgehead atoms. The number of rotatable bonds is 1. The third-order valence-corrected chi connectivity index (χ3v) is 2.58. The van der Waals surface area contributed by atoms with Gasteiger partial charge in [-0.2, -0.15) is 0 Å². The summed E-state index contributed by atoms with van der Waals surface area (Å²) in [7, 11) is 2.04. The van der Waals surface area contributed by atoms with Gasteiger partial charge in [-0.1, -0.05) is 0 Å². The summed E-state index contributed by atoms with van der Waals surface area (Å²) in [5.74, 6) is 0. The summed E-state index contributed by atoms with van der Waals surface area (Å²) < 4.78 is 5.15. The summed E-state index contributed by atoms with van der Waals surface area (Å²) >= 11 is 0. The number of hydrogen-bond donors (Lipinski definition) is 1. The van der Waals surface area contributed by atoms with E-state index < -0.39 is 0 Å². The van der Waals surface area contributed by atoms with Crippen molar-refractivity contribution in [2.75, 3.05) is 20.3 Å². The summed E-state index contributed by atoms with van der Waals surface area (Å²) in [6.07, 6.45) is 2.67. The first kappa shape index (κ1) is 5.69. The fraction of sp³-hybridized carbons (Fsp3) is 1.00. The van der Waals surface area contributed by atoms with Gasteiger partial charge in [0.2, 0.25) is 0 Å². The summed E-state index contributed by atoms with van der Waals surface area (Å²) in [6.45, 7) is 2.04. The molecule has 0 atom stereocenters. The van der Waals surface area contributed by atoms with Gasteiger partial charge >= 0.3 is 0 Å². The van der Waals surface area contributed by atoms with E-state index in [4.69, 9.17) is 4.74 Å². The van der Waals surface area contributed by atoms with E-state index in [2.05, 4.69) is 5.32 Å². The zero-order valence-corrected chi connectivity index (χ0v) is 5.81. The molecule has 0 aromatic heterocycles. The van der Waals surface area contributed by atoms with Gasteiger partial charge < -0.3 is 10.1 Å².